The predicted molar refractivity (Wildman–Crippen MR) is 435 cm³/mol. The first kappa shape index (κ1) is 73.5. The van der Waals surface area contributed by atoms with E-state index in [1.807, 2.05) is 134 Å². The molecule has 0 unspecified atom stereocenters. The fraction of sp³-hybridized carbons (Fsp3) is 0.130. The van der Waals surface area contributed by atoms with Crippen molar-refractivity contribution in [3.63, 3.8) is 0 Å². The van der Waals surface area contributed by atoms with E-state index in [1.54, 1.807) is 0 Å². The van der Waals surface area contributed by atoms with Crippen LogP contribution in [-0.2, 0) is 67.3 Å². The Morgan fingerprint density at radius 2 is 0.734 bits per heavy atom. The second-order valence-electron chi connectivity index (χ2n) is 27.2. The zero-order valence-electron chi connectivity index (χ0n) is 60.3. The highest BCUT2D eigenvalue weighted by Crippen LogP contribution is 2.40. The Balaban J connectivity index is 0.000000128. The molecule has 542 valence electrons. The van der Waals surface area contributed by atoms with Crippen LogP contribution in [0, 0.1) is 6.92 Å². The van der Waals surface area contributed by atoms with Gasteiger partial charge in [-0.25, -0.2) is 9.78 Å². The Labute approximate surface area is 630 Å². The molecule has 0 saturated heterocycles. The summed E-state index contributed by atoms with van der Waals surface area (Å²) in [6.45, 7) is 1.95. The minimum absolute atomic E-state index is 0.0111. The van der Waals surface area contributed by atoms with E-state index >= 15 is 0 Å². The van der Waals surface area contributed by atoms with E-state index in [1.165, 1.54) is 0 Å². The SMILES string of the molecule is Cc1nc2c(-c3ccc(-c4ccccc4)cc3CCC(N)=O)cccc2[nH]1.NC(=O)CCc1cc(-c2ccccc2)ccc1-c1ccc2[nH]c(=O)[nH]c2c1.NC(=O)CCc1cc(-c2ccccc2)ccc1-c1ccc2c(c1)NC(=O)CC2.NC(=O)CCc1cc(-c2ccccc2)ccc1-c1cccc2c1CC(=O)N2. The third kappa shape index (κ3) is 18.3. The van der Waals surface area contributed by atoms with Crippen molar-refractivity contribution in [2.45, 2.75) is 77.6 Å². The number of fused-ring (bicyclic) bond motifs is 4. The average molecular weight is 1440 g/mol. The maximum absolute atomic E-state index is 11.9. The van der Waals surface area contributed by atoms with Crippen LogP contribution < -0.4 is 39.3 Å². The summed E-state index contributed by atoms with van der Waals surface area (Å²) in [7, 11) is 0. The average Bonchev–Trinajstić information content (AvgIpc) is 1.77. The lowest BCUT2D eigenvalue weighted by atomic mass is 9.89. The number of aryl methyl sites for hydroxylation is 6. The van der Waals surface area contributed by atoms with Gasteiger partial charge in [0.2, 0.25) is 35.4 Å². The summed E-state index contributed by atoms with van der Waals surface area (Å²) in [4.78, 5) is 94.1. The van der Waals surface area contributed by atoms with Gasteiger partial charge in [0.25, 0.3) is 0 Å². The van der Waals surface area contributed by atoms with Crippen LogP contribution >= 0.6 is 0 Å². The molecule has 12 aromatic carbocycles. The van der Waals surface area contributed by atoms with Gasteiger partial charge in [0.1, 0.15) is 5.82 Å². The molecule has 0 fully saturated rings. The molecule has 0 aliphatic carbocycles. The number of benzene rings is 12. The van der Waals surface area contributed by atoms with Gasteiger partial charge in [-0.2, -0.15) is 0 Å². The van der Waals surface area contributed by atoms with Gasteiger partial charge in [-0.1, -0.05) is 237 Å². The van der Waals surface area contributed by atoms with Crippen LogP contribution in [0.1, 0.15) is 71.3 Å². The molecule has 2 aromatic heterocycles. The van der Waals surface area contributed by atoms with E-state index in [9.17, 15) is 33.6 Å². The lowest BCUT2D eigenvalue weighted by Crippen LogP contribution is -2.18. The number of hydrogen-bond donors (Lipinski definition) is 9. The number of carbonyl (C=O) groups is 6. The van der Waals surface area contributed by atoms with Crippen molar-refractivity contribution >= 4 is 68.9 Å². The summed E-state index contributed by atoms with van der Waals surface area (Å²) in [5, 5.41) is 5.87. The van der Waals surface area contributed by atoms with Gasteiger partial charge >= 0.3 is 5.69 Å². The van der Waals surface area contributed by atoms with Crippen LogP contribution in [0.4, 0.5) is 11.4 Å². The smallest absolute Gasteiger partial charge is 0.323 e. The number of anilines is 2. The molecule has 0 radical (unpaired) electrons. The minimum Gasteiger partial charge on any atom is -0.370 e. The maximum atomic E-state index is 11.9. The quantitative estimate of drug-likeness (QED) is 0.0352. The molecule has 17 nitrogen and oxygen atoms in total. The molecule has 13 N–H and O–H groups in total. The Kier molecular flexibility index (Phi) is 22.9. The van der Waals surface area contributed by atoms with E-state index in [0.29, 0.717) is 51.4 Å². The largest absolute Gasteiger partial charge is 0.370 e. The number of para-hydroxylation sites is 1. The zero-order chi connectivity index (χ0) is 75.9. The fourth-order valence-corrected chi connectivity index (χ4v) is 14.2. The van der Waals surface area contributed by atoms with E-state index < -0.39 is 0 Å². The lowest BCUT2D eigenvalue weighted by Gasteiger charge is -2.19. The normalized spacial score (nSPS) is 11.9. The monoisotopic (exact) mass is 1440 g/mol. The number of nitrogens with zero attached hydrogens (tertiary/aromatic N) is 1. The first-order valence-corrected chi connectivity index (χ1v) is 36.3. The third-order valence-electron chi connectivity index (χ3n) is 19.6. The number of aromatic nitrogens is 4. The molecule has 6 amide bonds. The van der Waals surface area contributed by atoms with Gasteiger partial charge in [-0.3, -0.25) is 28.8 Å². The second kappa shape index (κ2) is 34.0. The van der Waals surface area contributed by atoms with Crippen LogP contribution in [-0.4, -0.2) is 55.4 Å². The van der Waals surface area contributed by atoms with E-state index in [-0.39, 0.29) is 54.0 Å². The number of amides is 6. The molecular formula is C92H82N10O7. The molecule has 14 aromatic rings. The predicted octanol–water partition coefficient (Wildman–Crippen LogP) is 16.5. The molecule has 0 bridgehead atoms. The van der Waals surface area contributed by atoms with E-state index in [0.717, 1.165) is 168 Å². The van der Waals surface area contributed by atoms with E-state index in [2.05, 4.69) is 170 Å². The summed E-state index contributed by atoms with van der Waals surface area (Å²) in [5.41, 5.74) is 50.3. The number of rotatable bonds is 20. The summed E-state index contributed by atoms with van der Waals surface area (Å²) < 4.78 is 0. The van der Waals surface area contributed by atoms with Crippen molar-refractivity contribution in [2.75, 3.05) is 10.6 Å². The molecule has 2 aliphatic rings. The highest BCUT2D eigenvalue weighted by molar-refractivity contribution is 6.02. The van der Waals surface area contributed by atoms with Crippen LogP contribution in [0.15, 0.2) is 272 Å². The standard InChI is InChI=1S/C24H22N2O2.C23H21N3O.C23H20N2O2.C22H19N3O2/c25-23(27)12-9-19-14-18(16-4-2-1-3-5-16)8-11-21(19)20-7-6-17-10-13-24(28)26-22(17)15-20;1-15-25-21-9-5-8-20(23(21)26-15)19-12-10-17(16-6-3-2-4-7-16)14-18(19)11-13-22(24)27;24-22(26)12-10-17-13-16(15-5-2-1-3-6-15)9-11-18(17)19-7-4-8-21-20(19)14-23(27)25-21;23-21(26)11-8-16-12-15(14-4-2-1-3-5-14)6-9-18(16)17-7-10-19-20(13-17)25-22(27)24-19/h1-8,11,14-15H,9-10,12-13H2,(H2,25,27)(H,26,28);2-10,12,14H,11,13H2,1H3,(H2,24,27)(H,25,26);1-9,11,13H,10,12,14H2,(H2,24,26)(H,25,27);1-7,9-10,12-13H,8,11H2,(H2,23,26)(H2,24,25,27). The number of hydrogen-bond acceptors (Lipinski definition) is 8. The molecular weight excluding hydrogens is 1360 g/mol. The lowest BCUT2D eigenvalue weighted by molar-refractivity contribution is -0.118. The van der Waals surface area contributed by atoms with Crippen LogP contribution in [0.3, 0.4) is 0 Å². The number of nitrogens with two attached hydrogens (primary N) is 4. The number of primary amides is 4. The number of carbonyl (C=O) groups excluding carboxylic acids is 6. The Bertz CT molecular complexity index is 5770. The molecule has 0 atom stereocenters. The van der Waals surface area contributed by atoms with Crippen molar-refractivity contribution in [2.24, 2.45) is 22.9 Å². The summed E-state index contributed by atoms with van der Waals surface area (Å²) in [6, 6.07) is 89.9. The highest BCUT2D eigenvalue weighted by atomic mass is 16.2. The maximum Gasteiger partial charge on any atom is 0.323 e. The van der Waals surface area contributed by atoms with Crippen molar-refractivity contribution in [3.05, 3.63) is 317 Å². The first-order valence-electron chi connectivity index (χ1n) is 36.3. The first-order chi connectivity index (χ1) is 52.9. The number of aromatic amines is 3. The Hall–Kier alpha value is -13.8. The molecule has 16 rings (SSSR count). The fourth-order valence-electron chi connectivity index (χ4n) is 14.2. The van der Waals surface area contributed by atoms with Gasteiger partial charge in [-0.05, 0) is 186 Å². The van der Waals surface area contributed by atoms with Crippen LogP contribution in [0.2, 0.25) is 0 Å². The molecule has 0 saturated carbocycles. The summed E-state index contributed by atoms with van der Waals surface area (Å²) in [5.74, 6) is -0.293. The minimum atomic E-state index is -0.323. The number of imidazole rings is 2. The summed E-state index contributed by atoms with van der Waals surface area (Å²) in [6.07, 6.45) is 5.18. The molecule has 0 spiro atoms. The topological polar surface area (TPSA) is 308 Å². The molecule has 2 aliphatic heterocycles. The Morgan fingerprint density at radius 1 is 0.330 bits per heavy atom. The van der Waals surface area contributed by atoms with Gasteiger partial charge in [-0.15, -0.1) is 0 Å². The van der Waals surface area contributed by atoms with Crippen molar-refractivity contribution in [1.29, 1.82) is 0 Å². The Morgan fingerprint density at radius 3 is 1.22 bits per heavy atom. The molecule has 4 heterocycles. The van der Waals surface area contributed by atoms with Crippen molar-refractivity contribution < 1.29 is 28.8 Å². The third-order valence-corrected chi connectivity index (χ3v) is 19.6. The van der Waals surface area contributed by atoms with Crippen LogP contribution in [0.5, 0.6) is 0 Å². The van der Waals surface area contributed by atoms with Crippen LogP contribution in [0.25, 0.3) is 111 Å². The van der Waals surface area contributed by atoms with Gasteiger partial charge in [0.15, 0.2) is 0 Å². The van der Waals surface area contributed by atoms with Crippen molar-refractivity contribution in [1.82, 2.24) is 19.9 Å². The number of H-pyrrole nitrogens is 3. The van der Waals surface area contributed by atoms with Gasteiger partial charge in [0.05, 0.1) is 28.5 Å². The van der Waals surface area contributed by atoms with E-state index in [4.69, 9.17) is 22.9 Å². The highest BCUT2D eigenvalue weighted by Gasteiger charge is 2.24. The van der Waals surface area contributed by atoms with Gasteiger partial charge < -0.3 is 48.5 Å². The zero-order valence-corrected chi connectivity index (χ0v) is 60.3. The van der Waals surface area contributed by atoms with Crippen molar-refractivity contribution in [3.8, 4) is 89.0 Å². The summed E-state index contributed by atoms with van der Waals surface area (Å²) >= 11 is 0. The second-order valence-corrected chi connectivity index (χ2v) is 27.2. The molecule has 17 heteroatoms. The van der Waals surface area contributed by atoms with Gasteiger partial charge in [0, 0.05) is 49.0 Å². The number of nitrogens with one attached hydrogen (secondary N) is 5. The molecule has 109 heavy (non-hydrogen) atoms.